The number of nitrogens with one attached hydrogen (secondary N) is 1. The van der Waals surface area contributed by atoms with Crippen LogP contribution >= 0.6 is 11.3 Å². The molecule has 0 aliphatic heterocycles. The lowest BCUT2D eigenvalue weighted by atomic mass is 10.1. The van der Waals surface area contributed by atoms with Crippen LogP contribution < -0.4 is 10.2 Å². The Morgan fingerprint density at radius 3 is 2.74 bits per heavy atom. The average Bonchev–Trinajstić information content (AvgIpc) is 3.14. The first kappa shape index (κ1) is 14.5. The van der Waals surface area contributed by atoms with Crippen LogP contribution in [0, 0.1) is 0 Å². The maximum atomic E-state index is 4.49. The van der Waals surface area contributed by atoms with Crippen LogP contribution in [-0.4, -0.2) is 24.1 Å². The molecule has 2 aromatic heterocycles. The van der Waals surface area contributed by atoms with Crippen molar-refractivity contribution in [3.63, 3.8) is 0 Å². The molecule has 4 nitrogen and oxygen atoms in total. The van der Waals surface area contributed by atoms with E-state index in [1.807, 2.05) is 11.3 Å². The molecule has 3 aromatic rings. The Balaban J connectivity index is 1.58. The molecule has 1 aromatic carbocycles. The Bertz CT molecular complexity index is 836. The number of nitrogens with zero attached hydrogens (tertiary/aromatic N) is 3. The molecule has 0 fully saturated rings. The molecule has 1 aliphatic rings. The minimum atomic E-state index is 0.782. The van der Waals surface area contributed by atoms with Gasteiger partial charge in [-0.1, -0.05) is 12.1 Å². The highest BCUT2D eigenvalue weighted by Crippen LogP contribution is 2.39. The summed E-state index contributed by atoms with van der Waals surface area (Å²) >= 11 is 1.83. The summed E-state index contributed by atoms with van der Waals surface area (Å²) in [7, 11) is 4.12. The minimum absolute atomic E-state index is 0.782. The van der Waals surface area contributed by atoms with Gasteiger partial charge >= 0.3 is 0 Å². The molecular formula is C18H20N4S. The van der Waals surface area contributed by atoms with E-state index in [1.54, 1.807) is 6.33 Å². The SMILES string of the molecule is CN(C)c1ccc(CNc2ncnc3sc4c(c23)CCC4)cc1. The summed E-state index contributed by atoms with van der Waals surface area (Å²) in [5, 5.41) is 4.76. The average molecular weight is 324 g/mol. The molecule has 0 saturated heterocycles. The number of rotatable bonds is 4. The number of hydrogen-bond donors (Lipinski definition) is 1. The number of aromatic nitrogens is 2. The molecule has 2 heterocycles. The first-order valence-electron chi connectivity index (χ1n) is 7.98. The van der Waals surface area contributed by atoms with E-state index in [0.717, 1.165) is 23.6 Å². The van der Waals surface area contributed by atoms with Crippen molar-refractivity contribution in [3.8, 4) is 0 Å². The van der Waals surface area contributed by atoms with E-state index in [-0.39, 0.29) is 0 Å². The van der Waals surface area contributed by atoms with E-state index in [4.69, 9.17) is 0 Å². The van der Waals surface area contributed by atoms with Crippen molar-refractivity contribution in [1.82, 2.24) is 9.97 Å². The quantitative estimate of drug-likeness (QED) is 0.791. The first-order valence-corrected chi connectivity index (χ1v) is 8.79. The van der Waals surface area contributed by atoms with Gasteiger partial charge in [-0.25, -0.2) is 9.97 Å². The minimum Gasteiger partial charge on any atom is -0.378 e. The van der Waals surface area contributed by atoms with Gasteiger partial charge in [0.05, 0.1) is 5.39 Å². The Hall–Kier alpha value is -2.14. The number of benzene rings is 1. The van der Waals surface area contributed by atoms with Gasteiger partial charge in [-0.05, 0) is 42.5 Å². The highest BCUT2D eigenvalue weighted by atomic mass is 32.1. The van der Waals surface area contributed by atoms with Gasteiger partial charge < -0.3 is 10.2 Å². The van der Waals surface area contributed by atoms with Crippen LogP contribution in [0.25, 0.3) is 10.2 Å². The predicted molar refractivity (Wildman–Crippen MR) is 97.5 cm³/mol. The van der Waals surface area contributed by atoms with E-state index in [1.165, 1.54) is 39.9 Å². The molecule has 118 valence electrons. The number of aryl methyl sites for hydroxylation is 2. The van der Waals surface area contributed by atoms with Crippen LogP contribution in [0.4, 0.5) is 11.5 Å². The second-order valence-corrected chi connectivity index (χ2v) is 7.26. The molecule has 0 radical (unpaired) electrons. The normalized spacial score (nSPS) is 13.3. The molecule has 5 heteroatoms. The van der Waals surface area contributed by atoms with Gasteiger partial charge in [0.2, 0.25) is 0 Å². The molecule has 0 unspecified atom stereocenters. The summed E-state index contributed by atoms with van der Waals surface area (Å²) in [6.07, 6.45) is 5.29. The lowest BCUT2D eigenvalue weighted by Crippen LogP contribution is -2.08. The fourth-order valence-corrected chi connectivity index (χ4v) is 4.39. The van der Waals surface area contributed by atoms with Crippen molar-refractivity contribution in [2.75, 3.05) is 24.3 Å². The van der Waals surface area contributed by atoms with E-state index in [0.29, 0.717) is 0 Å². The number of thiophene rings is 1. The summed E-state index contributed by atoms with van der Waals surface area (Å²) in [6.45, 7) is 0.782. The zero-order chi connectivity index (χ0) is 15.8. The molecule has 1 N–H and O–H groups in total. The van der Waals surface area contributed by atoms with Crippen molar-refractivity contribution in [2.24, 2.45) is 0 Å². The van der Waals surface area contributed by atoms with Crippen molar-refractivity contribution in [2.45, 2.75) is 25.8 Å². The van der Waals surface area contributed by atoms with Crippen LogP contribution in [0.3, 0.4) is 0 Å². The van der Waals surface area contributed by atoms with Gasteiger partial charge in [0.25, 0.3) is 0 Å². The maximum absolute atomic E-state index is 4.49. The first-order chi connectivity index (χ1) is 11.2. The Morgan fingerprint density at radius 1 is 1.13 bits per heavy atom. The number of anilines is 2. The number of fused-ring (bicyclic) bond motifs is 3. The Labute approximate surface area is 140 Å². The Morgan fingerprint density at radius 2 is 1.96 bits per heavy atom. The zero-order valence-corrected chi connectivity index (χ0v) is 14.3. The van der Waals surface area contributed by atoms with Crippen LogP contribution in [0.15, 0.2) is 30.6 Å². The standard InChI is InChI=1S/C18H20N4S/c1-22(2)13-8-6-12(7-9-13)10-19-17-16-14-4-3-5-15(14)23-18(16)21-11-20-17/h6-9,11H,3-5,10H2,1-2H3,(H,19,20,21). The fourth-order valence-electron chi connectivity index (χ4n) is 3.16. The van der Waals surface area contributed by atoms with Gasteiger partial charge in [0, 0.05) is 31.2 Å². The zero-order valence-electron chi connectivity index (χ0n) is 13.5. The van der Waals surface area contributed by atoms with Crippen LogP contribution in [-0.2, 0) is 19.4 Å². The molecule has 1 aliphatic carbocycles. The summed E-state index contributed by atoms with van der Waals surface area (Å²) in [5.74, 6) is 0.978. The van der Waals surface area contributed by atoms with E-state index < -0.39 is 0 Å². The molecule has 23 heavy (non-hydrogen) atoms. The highest BCUT2D eigenvalue weighted by Gasteiger charge is 2.20. The summed E-state index contributed by atoms with van der Waals surface area (Å²) in [6, 6.07) is 8.63. The second-order valence-electron chi connectivity index (χ2n) is 6.17. The monoisotopic (exact) mass is 324 g/mol. The van der Waals surface area contributed by atoms with Crippen molar-refractivity contribution in [1.29, 1.82) is 0 Å². The largest absolute Gasteiger partial charge is 0.378 e. The fraction of sp³-hybridized carbons (Fsp3) is 0.333. The predicted octanol–water partition coefficient (Wildman–Crippen LogP) is 3.86. The van der Waals surface area contributed by atoms with E-state index in [2.05, 4.69) is 58.5 Å². The third-order valence-corrected chi connectivity index (χ3v) is 5.61. The topological polar surface area (TPSA) is 41.0 Å². The molecular weight excluding hydrogens is 304 g/mol. The summed E-state index contributed by atoms with van der Waals surface area (Å²) < 4.78 is 0. The van der Waals surface area contributed by atoms with Crippen LogP contribution in [0.2, 0.25) is 0 Å². The maximum Gasteiger partial charge on any atom is 0.138 e. The highest BCUT2D eigenvalue weighted by molar-refractivity contribution is 7.19. The molecule has 4 rings (SSSR count). The van der Waals surface area contributed by atoms with Crippen molar-refractivity contribution >= 4 is 33.1 Å². The second kappa shape index (κ2) is 5.81. The lowest BCUT2D eigenvalue weighted by Gasteiger charge is -2.13. The van der Waals surface area contributed by atoms with Gasteiger partial charge in [-0.15, -0.1) is 11.3 Å². The molecule has 0 saturated carbocycles. The van der Waals surface area contributed by atoms with Crippen LogP contribution in [0.5, 0.6) is 0 Å². The van der Waals surface area contributed by atoms with E-state index in [9.17, 15) is 0 Å². The summed E-state index contributed by atoms with van der Waals surface area (Å²) in [5.41, 5.74) is 3.94. The third-order valence-electron chi connectivity index (χ3n) is 4.41. The van der Waals surface area contributed by atoms with Gasteiger partial charge in [0.1, 0.15) is 17.0 Å². The molecule has 0 amide bonds. The number of hydrogen-bond acceptors (Lipinski definition) is 5. The summed E-state index contributed by atoms with van der Waals surface area (Å²) in [4.78, 5) is 13.7. The molecule has 0 bridgehead atoms. The Kier molecular flexibility index (Phi) is 3.65. The van der Waals surface area contributed by atoms with E-state index >= 15 is 0 Å². The van der Waals surface area contributed by atoms with Gasteiger partial charge in [-0.3, -0.25) is 0 Å². The molecule has 0 spiro atoms. The molecule has 0 atom stereocenters. The van der Waals surface area contributed by atoms with Crippen LogP contribution in [0.1, 0.15) is 22.4 Å². The van der Waals surface area contributed by atoms with Crippen molar-refractivity contribution < 1.29 is 0 Å². The lowest BCUT2D eigenvalue weighted by molar-refractivity contribution is 0.917. The van der Waals surface area contributed by atoms with Gasteiger partial charge in [0.15, 0.2) is 0 Å². The van der Waals surface area contributed by atoms with Gasteiger partial charge in [-0.2, -0.15) is 0 Å². The third kappa shape index (κ3) is 2.65. The smallest absolute Gasteiger partial charge is 0.138 e. The van der Waals surface area contributed by atoms with Crippen molar-refractivity contribution in [3.05, 3.63) is 46.6 Å².